The third-order valence-corrected chi connectivity index (χ3v) is 10.3. The lowest BCUT2D eigenvalue weighted by molar-refractivity contribution is -0.123. The van der Waals surface area contributed by atoms with E-state index >= 15 is 0 Å². The quantitative estimate of drug-likeness (QED) is 0.366. The summed E-state index contributed by atoms with van der Waals surface area (Å²) in [6.07, 6.45) is 1.60. The first-order valence-corrected chi connectivity index (χ1v) is 15.4. The number of thiazole rings is 1. The van der Waals surface area contributed by atoms with Gasteiger partial charge in [0.2, 0.25) is 15.9 Å². The Morgan fingerprint density at radius 1 is 1.10 bits per heavy atom. The van der Waals surface area contributed by atoms with E-state index in [9.17, 15) is 17.6 Å². The van der Waals surface area contributed by atoms with Crippen LogP contribution < -0.4 is 4.90 Å². The van der Waals surface area contributed by atoms with Gasteiger partial charge in [-0.1, -0.05) is 29.0 Å². The number of aromatic nitrogens is 1. The zero-order valence-corrected chi connectivity index (χ0v) is 24.5. The molecule has 3 aromatic rings. The minimum absolute atomic E-state index is 0. The summed E-state index contributed by atoms with van der Waals surface area (Å²) in [5.41, 5.74) is 0.681. The zero-order chi connectivity index (χ0) is 26.7. The summed E-state index contributed by atoms with van der Waals surface area (Å²) < 4.78 is 47.1. The molecule has 1 aromatic heterocycles. The first kappa shape index (κ1) is 30.1. The van der Waals surface area contributed by atoms with Gasteiger partial charge >= 0.3 is 0 Å². The highest BCUT2D eigenvalue weighted by Gasteiger charge is 2.35. The van der Waals surface area contributed by atoms with Crippen LogP contribution in [0.25, 0.3) is 10.2 Å². The number of morpholine rings is 1. The minimum Gasteiger partial charge on any atom is -0.379 e. The van der Waals surface area contributed by atoms with Gasteiger partial charge in [0, 0.05) is 45.2 Å². The number of carbonyl (C=O) groups is 1. The van der Waals surface area contributed by atoms with Crippen LogP contribution >= 0.6 is 35.3 Å². The van der Waals surface area contributed by atoms with Crippen LogP contribution in [0, 0.1) is 11.7 Å². The van der Waals surface area contributed by atoms with Crippen molar-refractivity contribution < 1.29 is 22.3 Å². The van der Waals surface area contributed by atoms with E-state index in [1.165, 1.54) is 27.8 Å². The maximum Gasteiger partial charge on any atom is 0.243 e. The second-order valence-electron chi connectivity index (χ2n) is 9.51. The lowest BCUT2D eigenvalue weighted by Gasteiger charge is -2.33. The van der Waals surface area contributed by atoms with Crippen molar-refractivity contribution in [3.63, 3.8) is 0 Å². The predicted octanol–water partition coefficient (Wildman–Crippen LogP) is 4.67. The molecule has 0 N–H and O–H groups in total. The van der Waals surface area contributed by atoms with Crippen LogP contribution in [0.5, 0.6) is 0 Å². The number of benzene rings is 2. The van der Waals surface area contributed by atoms with Crippen LogP contribution in [-0.4, -0.2) is 81.0 Å². The Hall–Kier alpha value is -1.86. The molecule has 0 saturated carbocycles. The molecule has 39 heavy (non-hydrogen) atoms. The maximum absolute atomic E-state index is 13.8. The van der Waals surface area contributed by atoms with Crippen molar-refractivity contribution in [1.82, 2.24) is 14.2 Å². The third-order valence-electron chi connectivity index (χ3n) is 7.07. The highest BCUT2D eigenvalue weighted by molar-refractivity contribution is 7.89. The smallest absolute Gasteiger partial charge is 0.243 e. The lowest BCUT2D eigenvalue weighted by atomic mass is 9.96. The van der Waals surface area contributed by atoms with E-state index in [0.717, 1.165) is 56.1 Å². The normalized spacial score (nSPS) is 17.7. The minimum atomic E-state index is -3.75. The number of ether oxygens (including phenoxy) is 1. The van der Waals surface area contributed by atoms with Gasteiger partial charge in [-0.15, -0.1) is 12.4 Å². The molecule has 3 heterocycles. The average molecular weight is 618 g/mol. The number of para-hydroxylation sites is 1. The van der Waals surface area contributed by atoms with E-state index in [4.69, 9.17) is 21.3 Å². The molecule has 2 saturated heterocycles. The molecule has 0 bridgehead atoms. The highest BCUT2D eigenvalue weighted by Crippen LogP contribution is 2.35. The van der Waals surface area contributed by atoms with Crippen molar-refractivity contribution in [2.24, 2.45) is 5.92 Å². The molecule has 5 rings (SSSR count). The van der Waals surface area contributed by atoms with Crippen LogP contribution in [0.2, 0.25) is 5.02 Å². The van der Waals surface area contributed by atoms with E-state index in [0.29, 0.717) is 35.1 Å². The Bertz CT molecular complexity index is 1380. The second kappa shape index (κ2) is 13.2. The molecule has 2 aromatic carbocycles. The molecule has 0 radical (unpaired) electrons. The molecular weight excluding hydrogens is 586 g/mol. The summed E-state index contributed by atoms with van der Waals surface area (Å²) >= 11 is 7.81. The lowest BCUT2D eigenvalue weighted by Crippen LogP contribution is -2.45. The predicted molar refractivity (Wildman–Crippen MR) is 154 cm³/mol. The largest absolute Gasteiger partial charge is 0.379 e. The number of sulfonamides is 1. The van der Waals surface area contributed by atoms with Gasteiger partial charge < -0.3 is 4.74 Å². The molecule has 2 fully saturated rings. The summed E-state index contributed by atoms with van der Waals surface area (Å²) in [5, 5.41) is 1.16. The van der Waals surface area contributed by atoms with Crippen LogP contribution in [0.4, 0.5) is 9.52 Å². The Balaban J connectivity index is 0.00000353. The number of amides is 1. The number of hydrogen-bond acceptors (Lipinski definition) is 7. The number of fused-ring (bicyclic) bond motifs is 1. The van der Waals surface area contributed by atoms with Gasteiger partial charge in [0.05, 0.1) is 27.8 Å². The van der Waals surface area contributed by atoms with Gasteiger partial charge in [0.1, 0.15) is 11.3 Å². The Morgan fingerprint density at radius 2 is 1.79 bits per heavy atom. The van der Waals surface area contributed by atoms with Crippen LogP contribution in [0.15, 0.2) is 47.4 Å². The summed E-state index contributed by atoms with van der Waals surface area (Å²) in [6, 6.07) is 10.4. The molecular formula is C26H31Cl2FN4O4S2. The number of hydrogen-bond donors (Lipinski definition) is 0. The van der Waals surface area contributed by atoms with Crippen molar-refractivity contribution in [3.05, 3.63) is 53.3 Å². The van der Waals surface area contributed by atoms with E-state index < -0.39 is 15.8 Å². The molecule has 0 unspecified atom stereocenters. The Labute approximate surface area is 243 Å². The molecule has 0 aliphatic carbocycles. The molecule has 1 amide bonds. The number of anilines is 1. The number of rotatable bonds is 8. The number of nitrogens with zero attached hydrogens (tertiary/aromatic N) is 4. The van der Waals surface area contributed by atoms with E-state index in [2.05, 4.69) is 4.90 Å². The summed E-state index contributed by atoms with van der Waals surface area (Å²) in [6.45, 7) is 5.02. The van der Waals surface area contributed by atoms with Crippen LogP contribution in [0.3, 0.4) is 0 Å². The first-order chi connectivity index (χ1) is 18.3. The van der Waals surface area contributed by atoms with Crippen molar-refractivity contribution >= 4 is 66.6 Å². The van der Waals surface area contributed by atoms with Crippen LogP contribution in [-0.2, 0) is 19.6 Å². The fourth-order valence-electron chi connectivity index (χ4n) is 4.92. The fourth-order valence-corrected chi connectivity index (χ4v) is 7.68. The van der Waals surface area contributed by atoms with Gasteiger partial charge in [0.25, 0.3) is 0 Å². The number of piperidine rings is 1. The molecule has 0 spiro atoms. The van der Waals surface area contributed by atoms with Gasteiger partial charge in [-0.2, -0.15) is 4.31 Å². The zero-order valence-electron chi connectivity index (χ0n) is 21.3. The molecule has 212 valence electrons. The Kier molecular flexibility index (Phi) is 10.2. The van der Waals surface area contributed by atoms with Crippen molar-refractivity contribution in [1.29, 1.82) is 0 Å². The van der Waals surface area contributed by atoms with Crippen molar-refractivity contribution in [3.8, 4) is 0 Å². The van der Waals surface area contributed by atoms with Gasteiger partial charge in [0.15, 0.2) is 5.13 Å². The molecule has 13 heteroatoms. The highest BCUT2D eigenvalue weighted by atomic mass is 35.5. The van der Waals surface area contributed by atoms with E-state index in [1.54, 1.807) is 11.0 Å². The number of carbonyl (C=O) groups excluding carboxylic acids is 1. The standard InChI is InChI=1S/C26H30ClFN4O4S2.ClH/c27-22-3-1-4-23-24(22)29-26(37-23)32(12-2-11-30-15-17-36-18-16-30)25(33)19-9-13-31(14-10-19)38(34,35)21-7-5-20(28)6-8-21;/h1,3-8,19H,2,9-18H2;1H. The second-order valence-corrected chi connectivity index (χ2v) is 12.9. The summed E-state index contributed by atoms with van der Waals surface area (Å²) in [4.78, 5) is 22.7. The van der Waals surface area contributed by atoms with Crippen LogP contribution in [0.1, 0.15) is 19.3 Å². The molecule has 0 atom stereocenters. The molecule has 2 aliphatic heterocycles. The fraction of sp³-hybridized carbons (Fsp3) is 0.462. The van der Waals surface area contributed by atoms with Gasteiger partial charge in [-0.25, -0.2) is 17.8 Å². The maximum atomic E-state index is 13.8. The average Bonchev–Trinajstić information content (AvgIpc) is 3.37. The molecule has 8 nitrogen and oxygen atoms in total. The van der Waals surface area contributed by atoms with Gasteiger partial charge in [-0.3, -0.25) is 14.6 Å². The van der Waals surface area contributed by atoms with E-state index in [-0.39, 0.29) is 42.2 Å². The van der Waals surface area contributed by atoms with Gasteiger partial charge in [-0.05, 0) is 55.7 Å². The van der Waals surface area contributed by atoms with E-state index in [1.807, 2.05) is 12.1 Å². The SMILES string of the molecule is Cl.O=C(C1CCN(S(=O)(=O)c2ccc(F)cc2)CC1)N(CCCN1CCOCC1)c1nc2c(Cl)cccc2s1. The van der Waals surface area contributed by atoms with Crippen molar-refractivity contribution in [2.45, 2.75) is 24.2 Å². The summed E-state index contributed by atoms with van der Waals surface area (Å²) in [7, 11) is -3.75. The topological polar surface area (TPSA) is 83.1 Å². The Morgan fingerprint density at radius 3 is 2.46 bits per heavy atom. The summed E-state index contributed by atoms with van der Waals surface area (Å²) in [5.74, 6) is -0.848. The monoisotopic (exact) mass is 616 g/mol. The van der Waals surface area contributed by atoms with Crippen molar-refractivity contribution in [2.75, 3.05) is 57.4 Å². The number of halogens is 3. The third kappa shape index (κ3) is 6.90. The first-order valence-electron chi connectivity index (χ1n) is 12.8. The molecule has 2 aliphatic rings.